The Hall–Kier alpha value is -1.04. The Morgan fingerprint density at radius 3 is 2.86 bits per heavy atom. The van der Waals surface area contributed by atoms with Crippen LogP contribution in [0.25, 0.3) is 10.9 Å². The predicted molar refractivity (Wildman–Crippen MR) is 62.7 cm³/mol. The minimum atomic E-state index is -0.892. The van der Waals surface area contributed by atoms with Gasteiger partial charge in [0, 0.05) is 15.2 Å². The van der Waals surface area contributed by atoms with Crippen LogP contribution in [0.5, 0.6) is 0 Å². The number of halogens is 1. The lowest BCUT2D eigenvalue weighted by Crippen LogP contribution is -1.98. The molecule has 0 radical (unpaired) electrons. The first-order valence-electron chi connectivity index (χ1n) is 4.10. The maximum absolute atomic E-state index is 11.0. The SMILES string of the molecule is Cc1cc(C(=O)O)c2[nH]cc(I)c2c1. The van der Waals surface area contributed by atoms with Crippen LogP contribution in [0, 0.1) is 10.5 Å². The van der Waals surface area contributed by atoms with E-state index in [4.69, 9.17) is 5.11 Å². The molecule has 4 heteroatoms. The Bertz CT molecular complexity index is 516. The number of fused-ring (bicyclic) bond motifs is 1. The lowest BCUT2D eigenvalue weighted by molar-refractivity contribution is 0.0699. The summed E-state index contributed by atoms with van der Waals surface area (Å²) in [6, 6.07) is 3.66. The van der Waals surface area contributed by atoms with E-state index in [9.17, 15) is 4.79 Å². The van der Waals surface area contributed by atoms with Crippen LogP contribution in [-0.4, -0.2) is 16.1 Å². The standard InChI is InChI=1S/C10H8INO2/c1-5-2-6-8(11)4-12-9(6)7(3-5)10(13)14/h2-4,12H,1H3,(H,13,14). The molecule has 0 unspecified atom stereocenters. The highest BCUT2D eigenvalue weighted by Crippen LogP contribution is 2.24. The van der Waals surface area contributed by atoms with E-state index in [1.54, 1.807) is 6.07 Å². The van der Waals surface area contributed by atoms with Crippen molar-refractivity contribution < 1.29 is 9.90 Å². The van der Waals surface area contributed by atoms with Crippen LogP contribution in [0.15, 0.2) is 18.3 Å². The number of hydrogen-bond acceptors (Lipinski definition) is 1. The van der Waals surface area contributed by atoms with E-state index >= 15 is 0 Å². The molecular formula is C10H8INO2. The molecule has 2 aromatic rings. The van der Waals surface area contributed by atoms with Gasteiger partial charge in [0.1, 0.15) is 0 Å². The van der Waals surface area contributed by atoms with Crippen molar-refractivity contribution in [3.05, 3.63) is 33.0 Å². The van der Waals surface area contributed by atoms with Crippen LogP contribution in [-0.2, 0) is 0 Å². The molecular weight excluding hydrogens is 293 g/mol. The number of nitrogens with one attached hydrogen (secondary N) is 1. The van der Waals surface area contributed by atoms with Crippen molar-refractivity contribution in [3.63, 3.8) is 0 Å². The van der Waals surface area contributed by atoms with E-state index in [-0.39, 0.29) is 0 Å². The first kappa shape index (κ1) is 9.51. The Morgan fingerprint density at radius 2 is 2.21 bits per heavy atom. The fourth-order valence-electron chi connectivity index (χ4n) is 1.51. The number of carbonyl (C=O) groups is 1. The molecule has 14 heavy (non-hydrogen) atoms. The molecule has 0 aliphatic heterocycles. The molecule has 72 valence electrons. The molecule has 1 aromatic heterocycles. The summed E-state index contributed by atoms with van der Waals surface area (Å²) in [5.74, 6) is -0.892. The van der Waals surface area contributed by atoms with Crippen LogP contribution < -0.4 is 0 Å². The highest BCUT2D eigenvalue weighted by Gasteiger charge is 2.12. The molecule has 2 N–H and O–H groups in total. The summed E-state index contributed by atoms with van der Waals surface area (Å²) >= 11 is 2.19. The fourth-order valence-corrected chi connectivity index (χ4v) is 2.09. The first-order valence-corrected chi connectivity index (χ1v) is 5.18. The molecule has 0 saturated carbocycles. The number of hydrogen-bond donors (Lipinski definition) is 2. The zero-order valence-electron chi connectivity index (χ0n) is 7.47. The van der Waals surface area contributed by atoms with Crippen LogP contribution in [0.1, 0.15) is 15.9 Å². The van der Waals surface area contributed by atoms with Crippen molar-refractivity contribution in [2.24, 2.45) is 0 Å². The molecule has 0 saturated heterocycles. The summed E-state index contributed by atoms with van der Waals surface area (Å²) in [5, 5.41) is 9.97. The number of rotatable bonds is 1. The van der Waals surface area contributed by atoms with Gasteiger partial charge in [-0.25, -0.2) is 4.79 Å². The quantitative estimate of drug-likeness (QED) is 0.796. The third-order valence-electron chi connectivity index (χ3n) is 2.11. The maximum atomic E-state index is 11.0. The zero-order valence-corrected chi connectivity index (χ0v) is 9.62. The average Bonchev–Trinajstić information content (AvgIpc) is 2.47. The van der Waals surface area contributed by atoms with Gasteiger partial charge in [0.25, 0.3) is 0 Å². The summed E-state index contributed by atoms with van der Waals surface area (Å²) in [6.07, 6.45) is 1.82. The minimum absolute atomic E-state index is 0.336. The molecule has 0 amide bonds. The average molecular weight is 301 g/mol. The molecule has 1 heterocycles. The van der Waals surface area contributed by atoms with Gasteiger partial charge in [0.2, 0.25) is 0 Å². The lowest BCUT2D eigenvalue weighted by atomic mass is 10.1. The van der Waals surface area contributed by atoms with Gasteiger partial charge in [-0.1, -0.05) is 0 Å². The fraction of sp³-hybridized carbons (Fsp3) is 0.100. The van der Waals surface area contributed by atoms with Gasteiger partial charge < -0.3 is 10.1 Å². The number of benzene rings is 1. The highest BCUT2D eigenvalue weighted by molar-refractivity contribution is 14.1. The second-order valence-electron chi connectivity index (χ2n) is 3.18. The summed E-state index contributed by atoms with van der Waals surface area (Å²) < 4.78 is 1.05. The van der Waals surface area contributed by atoms with Crippen molar-refractivity contribution in [2.75, 3.05) is 0 Å². The van der Waals surface area contributed by atoms with Crippen molar-refractivity contribution in [1.82, 2.24) is 4.98 Å². The second kappa shape index (κ2) is 3.27. The van der Waals surface area contributed by atoms with Gasteiger partial charge >= 0.3 is 5.97 Å². The molecule has 0 atom stereocenters. The van der Waals surface area contributed by atoms with E-state index in [1.807, 2.05) is 19.2 Å². The maximum Gasteiger partial charge on any atom is 0.337 e. The van der Waals surface area contributed by atoms with Crippen LogP contribution in [0.4, 0.5) is 0 Å². The van der Waals surface area contributed by atoms with E-state index in [0.29, 0.717) is 11.1 Å². The Morgan fingerprint density at radius 1 is 1.50 bits per heavy atom. The first-order chi connectivity index (χ1) is 6.59. The van der Waals surface area contributed by atoms with E-state index in [1.165, 1.54) is 0 Å². The largest absolute Gasteiger partial charge is 0.478 e. The third kappa shape index (κ3) is 1.39. The summed E-state index contributed by atoms with van der Waals surface area (Å²) in [5.41, 5.74) is 2.00. The molecule has 3 nitrogen and oxygen atoms in total. The van der Waals surface area contributed by atoms with E-state index in [0.717, 1.165) is 14.5 Å². The predicted octanol–water partition coefficient (Wildman–Crippen LogP) is 2.78. The number of aromatic nitrogens is 1. The van der Waals surface area contributed by atoms with Crippen LogP contribution in [0.2, 0.25) is 0 Å². The zero-order chi connectivity index (χ0) is 10.3. The summed E-state index contributed by atoms with van der Waals surface area (Å²) in [6.45, 7) is 1.90. The van der Waals surface area contributed by atoms with Gasteiger partial charge in [-0.2, -0.15) is 0 Å². The monoisotopic (exact) mass is 301 g/mol. The smallest absolute Gasteiger partial charge is 0.337 e. The lowest BCUT2D eigenvalue weighted by Gasteiger charge is -2.00. The molecule has 0 spiro atoms. The number of aromatic amines is 1. The van der Waals surface area contributed by atoms with Gasteiger partial charge in [-0.3, -0.25) is 0 Å². The van der Waals surface area contributed by atoms with Crippen molar-refractivity contribution >= 4 is 39.5 Å². The van der Waals surface area contributed by atoms with Crippen molar-refractivity contribution in [2.45, 2.75) is 6.92 Å². The number of carboxylic acids is 1. The molecule has 0 fully saturated rings. The normalized spacial score (nSPS) is 10.7. The molecule has 0 aliphatic carbocycles. The van der Waals surface area contributed by atoms with Gasteiger partial charge in [-0.05, 0) is 47.2 Å². The van der Waals surface area contributed by atoms with Crippen LogP contribution >= 0.6 is 22.6 Å². The van der Waals surface area contributed by atoms with Gasteiger partial charge in [0.15, 0.2) is 0 Å². The third-order valence-corrected chi connectivity index (χ3v) is 3.01. The van der Waals surface area contributed by atoms with E-state index < -0.39 is 5.97 Å². The Kier molecular flexibility index (Phi) is 2.22. The molecule has 1 aromatic carbocycles. The highest BCUT2D eigenvalue weighted by atomic mass is 127. The Labute approximate surface area is 94.3 Å². The minimum Gasteiger partial charge on any atom is -0.478 e. The van der Waals surface area contributed by atoms with Crippen LogP contribution in [0.3, 0.4) is 0 Å². The molecule has 2 rings (SSSR count). The summed E-state index contributed by atoms with van der Waals surface area (Å²) in [7, 11) is 0. The summed E-state index contributed by atoms with van der Waals surface area (Å²) in [4.78, 5) is 13.9. The second-order valence-corrected chi connectivity index (χ2v) is 4.34. The van der Waals surface area contributed by atoms with Crippen molar-refractivity contribution in [1.29, 1.82) is 0 Å². The molecule has 0 bridgehead atoms. The number of carboxylic acid groups (broad SMARTS) is 1. The number of H-pyrrole nitrogens is 1. The van der Waals surface area contributed by atoms with Gasteiger partial charge in [0.05, 0.1) is 11.1 Å². The van der Waals surface area contributed by atoms with E-state index in [2.05, 4.69) is 27.6 Å². The molecule has 0 aliphatic rings. The topological polar surface area (TPSA) is 53.1 Å². The van der Waals surface area contributed by atoms with Gasteiger partial charge in [-0.15, -0.1) is 0 Å². The number of aromatic carboxylic acids is 1. The van der Waals surface area contributed by atoms with Crippen molar-refractivity contribution in [3.8, 4) is 0 Å². The Balaban J connectivity index is 2.88. The number of aryl methyl sites for hydroxylation is 1.